The Morgan fingerprint density at radius 1 is 1.43 bits per heavy atom. The van der Waals surface area contributed by atoms with Gasteiger partial charge in [-0.2, -0.15) is 0 Å². The fourth-order valence-corrected chi connectivity index (χ4v) is 4.83. The van der Waals surface area contributed by atoms with Crippen LogP contribution in [0.15, 0.2) is 18.2 Å². The summed E-state index contributed by atoms with van der Waals surface area (Å²) in [5.74, 6) is -1.58. The van der Waals surface area contributed by atoms with E-state index in [1.165, 1.54) is 11.0 Å². The van der Waals surface area contributed by atoms with Crippen molar-refractivity contribution in [2.45, 2.75) is 38.8 Å². The summed E-state index contributed by atoms with van der Waals surface area (Å²) in [4.78, 5) is 36.5. The Bertz CT molecular complexity index is 885. The van der Waals surface area contributed by atoms with Gasteiger partial charge in [0, 0.05) is 29.9 Å². The van der Waals surface area contributed by atoms with Crippen LogP contribution in [0.4, 0.5) is 11.4 Å². The smallest absolute Gasteiger partial charge is 0.341 e. The van der Waals surface area contributed by atoms with Crippen molar-refractivity contribution in [1.82, 2.24) is 4.90 Å². The average molecular weight is 413 g/mol. The van der Waals surface area contributed by atoms with E-state index in [-0.39, 0.29) is 34.5 Å². The topological polar surface area (TPSA) is 150 Å². The molecule has 10 nitrogen and oxygen atoms in total. The summed E-state index contributed by atoms with van der Waals surface area (Å²) >= 11 is 0. The second-order valence-corrected chi connectivity index (χ2v) is 8.95. The number of rotatable bonds is 7. The number of amides is 1. The second kappa shape index (κ2) is 8.55. The molecule has 1 fully saturated rings. The van der Waals surface area contributed by atoms with Crippen LogP contribution in [0.2, 0.25) is 0 Å². The van der Waals surface area contributed by atoms with Crippen LogP contribution >= 0.6 is 0 Å². The number of hydrogen-bond donors (Lipinski definition) is 1. The minimum absolute atomic E-state index is 0.0104. The quantitative estimate of drug-likeness (QED) is 0.303. The zero-order valence-corrected chi connectivity index (χ0v) is 16.5. The predicted octanol–water partition coefficient (Wildman–Crippen LogP) is 1.15. The molecule has 0 aromatic heterocycles. The SMILES string of the molecule is CCC(C)N(C(=O)COC(=O)c1cc([N+](=O)[O-])ccc1N)C1CCS(=O)(=O)C1. The first-order chi connectivity index (χ1) is 13.1. The fraction of sp³-hybridized carbons (Fsp3) is 0.529. The lowest BCUT2D eigenvalue weighted by atomic mass is 10.1. The molecule has 0 bridgehead atoms. The number of sulfone groups is 1. The molecule has 0 radical (unpaired) electrons. The summed E-state index contributed by atoms with van der Waals surface area (Å²) in [5.41, 5.74) is 5.12. The number of carbonyl (C=O) groups excluding carboxylic acids is 2. The summed E-state index contributed by atoms with van der Waals surface area (Å²) in [6, 6.07) is 2.66. The number of carbonyl (C=O) groups is 2. The van der Waals surface area contributed by atoms with Gasteiger partial charge in [-0.25, -0.2) is 13.2 Å². The zero-order chi connectivity index (χ0) is 21.1. The molecule has 1 aliphatic rings. The number of nitro groups is 1. The molecule has 2 N–H and O–H groups in total. The molecule has 0 saturated carbocycles. The standard InChI is InChI=1S/C17H23N3O7S/c1-3-11(2)19(13-6-7-28(25,26)10-13)16(21)9-27-17(22)14-8-12(20(23)24)4-5-15(14)18/h4-5,8,11,13H,3,6-7,9-10,18H2,1-2H3. The minimum atomic E-state index is -3.19. The molecule has 1 aliphatic heterocycles. The van der Waals surface area contributed by atoms with Crippen molar-refractivity contribution in [3.8, 4) is 0 Å². The highest BCUT2D eigenvalue weighted by Crippen LogP contribution is 2.23. The van der Waals surface area contributed by atoms with Crippen LogP contribution in [0, 0.1) is 10.1 Å². The summed E-state index contributed by atoms with van der Waals surface area (Å²) in [7, 11) is -3.19. The highest BCUT2D eigenvalue weighted by Gasteiger charge is 2.36. The van der Waals surface area contributed by atoms with E-state index in [0.29, 0.717) is 12.8 Å². The molecular formula is C17H23N3O7S. The fourth-order valence-electron chi connectivity index (χ4n) is 3.11. The van der Waals surface area contributed by atoms with E-state index in [9.17, 15) is 28.1 Å². The highest BCUT2D eigenvalue weighted by atomic mass is 32.2. The van der Waals surface area contributed by atoms with E-state index in [1.807, 2.05) is 6.92 Å². The van der Waals surface area contributed by atoms with E-state index < -0.39 is 39.3 Å². The number of hydrogen-bond acceptors (Lipinski definition) is 8. The molecule has 2 rings (SSSR count). The van der Waals surface area contributed by atoms with E-state index in [2.05, 4.69) is 0 Å². The summed E-state index contributed by atoms with van der Waals surface area (Å²) in [5, 5.41) is 10.9. The van der Waals surface area contributed by atoms with Gasteiger partial charge in [0.15, 0.2) is 16.4 Å². The highest BCUT2D eigenvalue weighted by molar-refractivity contribution is 7.91. The third-order valence-corrected chi connectivity index (χ3v) is 6.50. The molecule has 28 heavy (non-hydrogen) atoms. The third-order valence-electron chi connectivity index (χ3n) is 4.75. The van der Waals surface area contributed by atoms with Crippen LogP contribution in [-0.2, 0) is 19.4 Å². The van der Waals surface area contributed by atoms with Crippen LogP contribution < -0.4 is 5.73 Å². The molecule has 1 amide bonds. The van der Waals surface area contributed by atoms with Crippen molar-refractivity contribution in [2.24, 2.45) is 0 Å². The van der Waals surface area contributed by atoms with Gasteiger partial charge in [-0.15, -0.1) is 0 Å². The van der Waals surface area contributed by atoms with Gasteiger partial charge in [0.1, 0.15) is 0 Å². The molecule has 0 aliphatic carbocycles. The Balaban J connectivity index is 2.11. The molecule has 154 valence electrons. The van der Waals surface area contributed by atoms with Gasteiger partial charge in [0.25, 0.3) is 11.6 Å². The van der Waals surface area contributed by atoms with Gasteiger partial charge >= 0.3 is 5.97 Å². The number of nitro benzene ring substituents is 1. The van der Waals surface area contributed by atoms with E-state index in [0.717, 1.165) is 12.1 Å². The van der Waals surface area contributed by atoms with Crippen molar-refractivity contribution < 1.29 is 27.7 Å². The van der Waals surface area contributed by atoms with Crippen molar-refractivity contribution >= 4 is 33.1 Å². The Kier molecular flexibility index (Phi) is 6.60. The van der Waals surface area contributed by atoms with Crippen molar-refractivity contribution in [3.63, 3.8) is 0 Å². The lowest BCUT2D eigenvalue weighted by molar-refractivity contribution is -0.384. The van der Waals surface area contributed by atoms with Gasteiger partial charge in [0.05, 0.1) is 22.0 Å². The Morgan fingerprint density at radius 3 is 2.64 bits per heavy atom. The Hall–Kier alpha value is -2.69. The number of non-ortho nitro benzene ring substituents is 1. The van der Waals surface area contributed by atoms with E-state index in [4.69, 9.17) is 10.5 Å². The average Bonchev–Trinajstić information content (AvgIpc) is 2.99. The van der Waals surface area contributed by atoms with Gasteiger partial charge in [0.2, 0.25) is 0 Å². The van der Waals surface area contributed by atoms with Gasteiger partial charge in [-0.1, -0.05) is 6.92 Å². The molecule has 2 unspecified atom stereocenters. The predicted molar refractivity (Wildman–Crippen MR) is 101 cm³/mol. The zero-order valence-electron chi connectivity index (χ0n) is 15.7. The molecule has 1 saturated heterocycles. The summed E-state index contributed by atoms with van der Waals surface area (Å²) < 4.78 is 28.5. The number of nitrogens with two attached hydrogens (primary N) is 1. The molecular weight excluding hydrogens is 390 g/mol. The monoisotopic (exact) mass is 413 g/mol. The summed E-state index contributed by atoms with van der Waals surface area (Å²) in [6.45, 7) is 3.05. The molecule has 1 heterocycles. The largest absolute Gasteiger partial charge is 0.452 e. The number of nitrogen functional groups attached to an aromatic ring is 1. The molecule has 11 heteroatoms. The van der Waals surface area contributed by atoms with Crippen LogP contribution in [0.25, 0.3) is 0 Å². The first-order valence-electron chi connectivity index (χ1n) is 8.78. The lowest BCUT2D eigenvalue weighted by Crippen LogP contribution is -2.48. The van der Waals surface area contributed by atoms with Crippen LogP contribution in [0.5, 0.6) is 0 Å². The van der Waals surface area contributed by atoms with E-state index >= 15 is 0 Å². The lowest BCUT2D eigenvalue weighted by Gasteiger charge is -2.33. The molecule has 1 aromatic carbocycles. The number of esters is 1. The third kappa shape index (κ3) is 4.97. The van der Waals surface area contributed by atoms with Crippen molar-refractivity contribution in [2.75, 3.05) is 23.8 Å². The first-order valence-corrected chi connectivity index (χ1v) is 10.6. The normalized spacial score (nSPS) is 19.0. The summed E-state index contributed by atoms with van der Waals surface area (Å²) in [6.07, 6.45) is 0.943. The number of ether oxygens (including phenoxy) is 1. The van der Waals surface area contributed by atoms with Crippen molar-refractivity contribution in [3.05, 3.63) is 33.9 Å². The molecule has 1 aromatic rings. The number of anilines is 1. The van der Waals surface area contributed by atoms with Crippen LogP contribution in [0.1, 0.15) is 37.0 Å². The van der Waals surface area contributed by atoms with Gasteiger partial charge in [-0.05, 0) is 25.8 Å². The molecule has 0 spiro atoms. The van der Waals surface area contributed by atoms with E-state index in [1.54, 1.807) is 6.92 Å². The van der Waals surface area contributed by atoms with Gasteiger partial charge < -0.3 is 15.4 Å². The number of nitrogens with zero attached hydrogens (tertiary/aromatic N) is 2. The Morgan fingerprint density at radius 2 is 2.11 bits per heavy atom. The molecule has 2 atom stereocenters. The van der Waals surface area contributed by atoms with Crippen LogP contribution in [-0.4, -0.2) is 60.3 Å². The van der Waals surface area contributed by atoms with Crippen LogP contribution in [0.3, 0.4) is 0 Å². The maximum Gasteiger partial charge on any atom is 0.341 e. The first kappa shape index (κ1) is 21.6. The second-order valence-electron chi connectivity index (χ2n) is 6.72. The Labute approximate surface area is 162 Å². The number of benzene rings is 1. The maximum atomic E-state index is 12.7. The van der Waals surface area contributed by atoms with Gasteiger partial charge in [-0.3, -0.25) is 14.9 Å². The minimum Gasteiger partial charge on any atom is -0.452 e. The van der Waals surface area contributed by atoms with Crippen molar-refractivity contribution in [1.29, 1.82) is 0 Å². The maximum absolute atomic E-state index is 12.7.